The van der Waals surface area contributed by atoms with Crippen LogP contribution >= 0.6 is 0 Å². The molecule has 1 aromatic rings. The van der Waals surface area contributed by atoms with Gasteiger partial charge in [0.25, 0.3) is 0 Å². The van der Waals surface area contributed by atoms with Gasteiger partial charge in [0.05, 0.1) is 0 Å². The highest BCUT2D eigenvalue weighted by atomic mass is 19.4. The van der Waals surface area contributed by atoms with E-state index in [1.54, 1.807) is 0 Å². The van der Waals surface area contributed by atoms with E-state index in [4.69, 9.17) is 5.73 Å². The molecule has 0 bridgehead atoms. The van der Waals surface area contributed by atoms with Crippen molar-refractivity contribution in [3.63, 3.8) is 0 Å². The smallest absolute Gasteiger partial charge is 0.324 e. The molecule has 0 heterocycles. The molecule has 1 aromatic carbocycles. The number of benzene rings is 1. The molecule has 0 fully saturated rings. The number of alkyl halides is 3. The lowest BCUT2D eigenvalue weighted by molar-refractivity contribution is -0.135. The third-order valence-electron chi connectivity index (χ3n) is 2.92. The second-order valence-electron chi connectivity index (χ2n) is 4.63. The lowest BCUT2D eigenvalue weighted by Crippen LogP contribution is -2.22. The third kappa shape index (κ3) is 7.85. The molecule has 1 rings (SSSR count). The molecule has 108 valence electrons. The fourth-order valence-electron chi connectivity index (χ4n) is 1.82. The van der Waals surface area contributed by atoms with Gasteiger partial charge in [-0.3, -0.25) is 0 Å². The Bertz CT molecular complexity index is 338. The molecule has 0 saturated carbocycles. The number of nitrogens with one attached hydrogen (secondary N) is 1. The van der Waals surface area contributed by atoms with Crippen molar-refractivity contribution >= 4 is 0 Å². The molecule has 5 heteroatoms. The van der Waals surface area contributed by atoms with Gasteiger partial charge in [0.2, 0.25) is 0 Å². The number of rotatable bonds is 8. The lowest BCUT2D eigenvalue weighted by Gasteiger charge is -2.12. The summed E-state index contributed by atoms with van der Waals surface area (Å²) in [7, 11) is 0. The molecule has 0 saturated heterocycles. The summed E-state index contributed by atoms with van der Waals surface area (Å²) < 4.78 is 35.7. The van der Waals surface area contributed by atoms with E-state index in [0.29, 0.717) is 13.0 Å². The Kier molecular flexibility index (Phi) is 6.87. The van der Waals surface area contributed by atoms with Crippen molar-refractivity contribution in [1.82, 2.24) is 5.32 Å². The summed E-state index contributed by atoms with van der Waals surface area (Å²) in [6, 6.07) is 9.76. The minimum Gasteiger partial charge on any atom is -0.324 e. The minimum atomic E-state index is -4.03. The molecular weight excluding hydrogens is 253 g/mol. The SMILES string of the molecule is NC(CCNCCCCC(F)(F)F)c1ccccc1. The van der Waals surface area contributed by atoms with E-state index >= 15 is 0 Å². The zero-order chi connectivity index (χ0) is 14.1. The molecule has 0 aromatic heterocycles. The van der Waals surface area contributed by atoms with Crippen molar-refractivity contribution in [2.24, 2.45) is 5.73 Å². The maximum atomic E-state index is 11.9. The van der Waals surface area contributed by atoms with Crippen molar-refractivity contribution in [2.75, 3.05) is 13.1 Å². The first-order chi connectivity index (χ1) is 8.99. The normalized spacial score (nSPS) is 13.5. The fourth-order valence-corrected chi connectivity index (χ4v) is 1.82. The van der Waals surface area contributed by atoms with Crippen molar-refractivity contribution in [3.8, 4) is 0 Å². The summed E-state index contributed by atoms with van der Waals surface area (Å²) >= 11 is 0. The summed E-state index contributed by atoms with van der Waals surface area (Å²) in [5, 5.41) is 3.12. The first kappa shape index (κ1) is 16.0. The molecule has 0 aliphatic carbocycles. The Morgan fingerprint density at radius 3 is 2.37 bits per heavy atom. The quantitative estimate of drug-likeness (QED) is 0.713. The van der Waals surface area contributed by atoms with Crippen LogP contribution in [0.3, 0.4) is 0 Å². The zero-order valence-corrected chi connectivity index (χ0v) is 10.9. The van der Waals surface area contributed by atoms with Gasteiger partial charge < -0.3 is 11.1 Å². The number of hydrogen-bond donors (Lipinski definition) is 2. The molecule has 0 spiro atoms. The molecule has 0 aliphatic heterocycles. The highest BCUT2D eigenvalue weighted by Gasteiger charge is 2.25. The molecular formula is C14H21F3N2. The van der Waals surface area contributed by atoms with Crippen molar-refractivity contribution < 1.29 is 13.2 Å². The Labute approximate surface area is 112 Å². The van der Waals surface area contributed by atoms with Gasteiger partial charge in [-0.05, 0) is 37.9 Å². The average Bonchev–Trinajstić information content (AvgIpc) is 2.37. The van der Waals surface area contributed by atoms with Gasteiger partial charge in [0.15, 0.2) is 0 Å². The molecule has 1 atom stereocenters. The predicted molar refractivity (Wildman–Crippen MR) is 70.8 cm³/mol. The van der Waals surface area contributed by atoms with Crippen molar-refractivity contribution in [3.05, 3.63) is 35.9 Å². The van der Waals surface area contributed by atoms with Gasteiger partial charge in [-0.2, -0.15) is 13.2 Å². The Morgan fingerprint density at radius 2 is 1.74 bits per heavy atom. The van der Waals surface area contributed by atoms with E-state index in [9.17, 15) is 13.2 Å². The lowest BCUT2D eigenvalue weighted by atomic mass is 10.1. The maximum absolute atomic E-state index is 11.9. The molecule has 1 unspecified atom stereocenters. The van der Waals surface area contributed by atoms with Crippen LogP contribution in [0.25, 0.3) is 0 Å². The summed E-state index contributed by atoms with van der Waals surface area (Å²) in [5.74, 6) is 0. The molecule has 0 aliphatic rings. The number of hydrogen-bond acceptors (Lipinski definition) is 2. The Hall–Kier alpha value is -1.07. The number of halogens is 3. The van der Waals surface area contributed by atoms with Crippen LogP contribution in [0.15, 0.2) is 30.3 Å². The van der Waals surface area contributed by atoms with E-state index in [2.05, 4.69) is 5.32 Å². The summed E-state index contributed by atoms with van der Waals surface area (Å²) in [4.78, 5) is 0. The highest BCUT2D eigenvalue weighted by molar-refractivity contribution is 5.18. The van der Waals surface area contributed by atoms with Crippen LogP contribution in [-0.2, 0) is 0 Å². The van der Waals surface area contributed by atoms with Gasteiger partial charge in [-0.1, -0.05) is 30.3 Å². The third-order valence-corrected chi connectivity index (χ3v) is 2.92. The van der Waals surface area contributed by atoms with E-state index in [0.717, 1.165) is 18.5 Å². The topological polar surface area (TPSA) is 38.0 Å². The molecule has 0 radical (unpaired) electrons. The highest BCUT2D eigenvalue weighted by Crippen LogP contribution is 2.21. The van der Waals surface area contributed by atoms with E-state index in [1.165, 1.54) is 0 Å². The van der Waals surface area contributed by atoms with E-state index < -0.39 is 12.6 Å². The predicted octanol–water partition coefficient (Wildman–Crippen LogP) is 3.40. The molecule has 2 nitrogen and oxygen atoms in total. The van der Waals surface area contributed by atoms with Crippen LogP contribution in [0.4, 0.5) is 13.2 Å². The average molecular weight is 274 g/mol. The monoisotopic (exact) mass is 274 g/mol. The van der Waals surface area contributed by atoms with Crippen molar-refractivity contribution in [2.45, 2.75) is 37.9 Å². The van der Waals surface area contributed by atoms with Gasteiger partial charge in [0, 0.05) is 12.5 Å². The van der Waals surface area contributed by atoms with Gasteiger partial charge >= 0.3 is 6.18 Å². The first-order valence-electron chi connectivity index (χ1n) is 6.57. The van der Waals surface area contributed by atoms with Crippen molar-refractivity contribution in [1.29, 1.82) is 0 Å². The summed E-state index contributed by atoms with van der Waals surface area (Å²) in [6.07, 6.45) is -3.22. The van der Waals surface area contributed by atoms with Crippen LogP contribution in [0.1, 0.15) is 37.3 Å². The van der Waals surface area contributed by atoms with Crippen LogP contribution < -0.4 is 11.1 Å². The van der Waals surface area contributed by atoms with Crippen LogP contribution in [-0.4, -0.2) is 19.3 Å². The summed E-state index contributed by atoms with van der Waals surface area (Å²) in [5.41, 5.74) is 7.09. The Morgan fingerprint density at radius 1 is 1.05 bits per heavy atom. The minimum absolute atomic E-state index is 0.0242. The maximum Gasteiger partial charge on any atom is 0.389 e. The Balaban J connectivity index is 2.02. The molecule has 3 N–H and O–H groups in total. The van der Waals surface area contributed by atoms with Crippen LogP contribution in [0, 0.1) is 0 Å². The largest absolute Gasteiger partial charge is 0.389 e. The zero-order valence-electron chi connectivity index (χ0n) is 10.9. The number of unbranched alkanes of at least 4 members (excludes halogenated alkanes) is 1. The van der Waals surface area contributed by atoms with Crippen LogP contribution in [0.5, 0.6) is 0 Å². The van der Waals surface area contributed by atoms with Gasteiger partial charge in [-0.15, -0.1) is 0 Å². The van der Waals surface area contributed by atoms with Gasteiger partial charge in [0.1, 0.15) is 0 Å². The fraction of sp³-hybridized carbons (Fsp3) is 0.571. The van der Waals surface area contributed by atoms with Crippen LogP contribution in [0.2, 0.25) is 0 Å². The summed E-state index contributed by atoms with van der Waals surface area (Å²) in [6.45, 7) is 1.33. The van der Waals surface area contributed by atoms with Gasteiger partial charge in [-0.25, -0.2) is 0 Å². The van der Waals surface area contributed by atoms with E-state index in [1.807, 2.05) is 30.3 Å². The second kappa shape index (κ2) is 8.17. The number of nitrogens with two attached hydrogens (primary N) is 1. The van der Waals surface area contributed by atoms with E-state index in [-0.39, 0.29) is 12.5 Å². The second-order valence-corrected chi connectivity index (χ2v) is 4.63. The molecule has 0 amide bonds. The standard InChI is InChI=1S/C14H21F3N2/c15-14(16,17)9-4-5-10-19-11-8-13(18)12-6-2-1-3-7-12/h1-3,6-7,13,19H,4-5,8-11,18H2. The first-order valence-corrected chi connectivity index (χ1v) is 6.57. The molecule has 19 heavy (non-hydrogen) atoms.